The van der Waals surface area contributed by atoms with Crippen molar-refractivity contribution < 1.29 is 4.74 Å². The minimum Gasteiger partial charge on any atom is -0.381 e. The van der Waals surface area contributed by atoms with Crippen molar-refractivity contribution in [1.82, 2.24) is 9.97 Å². The highest BCUT2D eigenvalue weighted by Crippen LogP contribution is 2.38. The first-order chi connectivity index (χ1) is 7.19. The van der Waals surface area contributed by atoms with Crippen LogP contribution in [0.3, 0.4) is 0 Å². The first-order valence-corrected chi connectivity index (χ1v) is 5.32. The molecule has 1 N–H and O–H groups in total. The quantitative estimate of drug-likeness (QED) is 0.809. The van der Waals surface area contributed by atoms with E-state index in [0.29, 0.717) is 12.3 Å². The number of methoxy groups -OCH3 is 1. The molecule has 0 spiro atoms. The Labute approximate surface area is 88.7 Å². The summed E-state index contributed by atoms with van der Waals surface area (Å²) in [5.74, 6) is 1.25. The van der Waals surface area contributed by atoms with Crippen molar-refractivity contribution in [2.24, 2.45) is 0 Å². The SMILES string of the molecule is COC(C)Cc1nc(C2CC2)cc(=O)[nH]1. The van der Waals surface area contributed by atoms with E-state index in [1.807, 2.05) is 6.92 Å². The Hall–Kier alpha value is -1.16. The van der Waals surface area contributed by atoms with Gasteiger partial charge in [0, 0.05) is 25.5 Å². The molecular formula is C11H16N2O2. The van der Waals surface area contributed by atoms with Gasteiger partial charge in [-0.05, 0) is 19.8 Å². The second-order valence-electron chi connectivity index (χ2n) is 4.14. The molecule has 1 aromatic rings. The zero-order chi connectivity index (χ0) is 10.8. The summed E-state index contributed by atoms with van der Waals surface area (Å²) in [6.07, 6.45) is 3.07. The fraction of sp³-hybridized carbons (Fsp3) is 0.636. The van der Waals surface area contributed by atoms with Crippen LogP contribution in [-0.4, -0.2) is 23.2 Å². The third kappa shape index (κ3) is 2.65. The largest absolute Gasteiger partial charge is 0.381 e. The Morgan fingerprint density at radius 3 is 3.00 bits per heavy atom. The molecule has 1 fully saturated rings. The molecule has 15 heavy (non-hydrogen) atoms. The van der Waals surface area contributed by atoms with Crippen molar-refractivity contribution in [3.63, 3.8) is 0 Å². The zero-order valence-electron chi connectivity index (χ0n) is 9.12. The van der Waals surface area contributed by atoms with Gasteiger partial charge in [0.15, 0.2) is 0 Å². The van der Waals surface area contributed by atoms with Crippen molar-refractivity contribution in [1.29, 1.82) is 0 Å². The first kappa shape index (κ1) is 10.4. The molecule has 1 aromatic heterocycles. The van der Waals surface area contributed by atoms with Crippen molar-refractivity contribution in [2.75, 3.05) is 7.11 Å². The Kier molecular flexibility index (Phi) is 2.86. The monoisotopic (exact) mass is 208 g/mol. The summed E-state index contributed by atoms with van der Waals surface area (Å²) in [6, 6.07) is 1.61. The maximum Gasteiger partial charge on any atom is 0.251 e. The minimum atomic E-state index is -0.0507. The maximum atomic E-state index is 11.4. The highest BCUT2D eigenvalue weighted by atomic mass is 16.5. The third-order valence-corrected chi connectivity index (χ3v) is 2.69. The molecule has 1 atom stereocenters. The maximum absolute atomic E-state index is 11.4. The molecule has 0 radical (unpaired) electrons. The number of aromatic amines is 1. The molecule has 4 nitrogen and oxygen atoms in total. The second kappa shape index (κ2) is 4.14. The smallest absolute Gasteiger partial charge is 0.251 e. The molecular weight excluding hydrogens is 192 g/mol. The number of nitrogens with zero attached hydrogens (tertiary/aromatic N) is 1. The summed E-state index contributed by atoms with van der Waals surface area (Å²) in [7, 11) is 1.66. The van der Waals surface area contributed by atoms with Gasteiger partial charge in [-0.25, -0.2) is 4.98 Å². The van der Waals surface area contributed by atoms with E-state index in [-0.39, 0.29) is 11.7 Å². The molecule has 4 heteroatoms. The van der Waals surface area contributed by atoms with Crippen LogP contribution in [0.5, 0.6) is 0 Å². The summed E-state index contributed by atoms with van der Waals surface area (Å²) in [5.41, 5.74) is 0.891. The second-order valence-corrected chi connectivity index (χ2v) is 4.14. The highest BCUT2D eigenvalue weighted by molar-refractivity contribution is 5.14. The van der Waals surface area contributed by atoms with Crippen LogP contribution in [0.4, 0.5) is 0 Å². The normalized spacial score (nSPS) is 17.7. The number of H-pyrrole nitrogens is 1. The lowest BCUT2D eigenvalue weighted by molar-refractivity contribution is 0.117. The molecule has 1 aliphatic rings. The fourth-order valence-electron chi connectivity index (χ4n) is 1.57. The van der Waals surface area contributed by atoms with E-state index >= 15 is 0 Å². The molecule has 1 heterocycles. The predicted molar refractivity (Wildman–Crippen MR) is 57.0 cm³/mol. The van der Waals surface area contributed by atoms with E-state index in [0.717, 1.165) is 24.4 Å². The van der Waals surface area contributed by atoms with Gasteiger partial charge in [0.2, 0.25) is 0 Å². The van der Waals surface area contributed by atoms with E-state index < -0.39 is 0 Å². The highest BCUT2D eigenvalue weighted by Gasteiger charge is 2.25. The zero-order valence-corrected chi connectivity index (χ0v) is 9.12. The molecule has 0 aromatic carbocycles. The van der Waals surface area contributed by atoms with E-state index in [2.05, 4.69) is 9.97 Å². The topological polar surface area (TPSA) is 55.0 Å². The standard InChI is InChI=1S/C11H16N2O2/c1-7(15-2)5-10-12-9(8-3-4-8)6-11(14)13-10/h6-8H,3-5H2,1-2H3,(H,12,13,14). The number of hydrogen-bond acceptors (Lipinski definition) is 3. The lowest BCUT2D eigenvalue weighted by atomic mass is 10.2. The number of aromatic nitrogens is 2. The van der Waals surface area contributed by atoms with E-state index in [1.54, 1.807) is 13.2 Å². The number of ether oxygens (including phenoxy) is 1. The summed E-state index contributed by atoms with van der Waals surface area (Å²) < 4.78 is 5.15. The van der Waals surface area contributed by atoms with Crippen LogP contribution >= 0.6 is 0 Å². The van der Waals surface area contributed by atoms with Gasteiger partial charge in [-0.3, -0.25) is 4.79 Å². The van der Waals surface area contributed by atoms with Gasteiger partial charge in [0.25, 0.3) is 5.56 Å². The predicted octanol–water partition coefficient (Wildman–Crippen LogP) is 1.22. The molecule has 1 saturated carbocycles. The molecule has 82 valence electrons. The van der Waals surface area contributed by atoms with Gasteiger partial charge in [0.1, 0.15) is 5.82 Å². The van der Waals surface area contributed by atoms with Crippen LogP contribution in [0.15, 0.2) is 10.9 Å². The van der Waals surface area contributed by atoms with Crippen LogP contribution in [0.25, 0.3) is 0 Å². The Balaban J connectivity index is 2.19. The Morgan fingerprint density at radius 2 is 2.40 bits per heavy atom. The molecule has 2 rings (SSSR count). The summed E-state index contributed by atoms with van der Waals surface area (Å²) in [6.45, 7) is 1.96. The number of hydrogen-bond donors (Lipinski definition) is 1. The summed E-state index contributed by atoms with van der Waals surface area (Å²) >= 11 is 0. The molecule has 0 saturated heterocycles. The van der Waals surface area contributed by atoms with Gasteiger partial charge >= 0.3 is 0 Å². The Morgan fingerprint density at radius 1 is 1.67 bits per heavy atom. The molecule has 1 aliphatic carbocycles. The summed E-state index contributed by atoms with van der Waals surface area (Å²) in [4.78, 5) is 18.6. The Bertz CT molecular complexity index is 396. The minimum absolute atomic E-state index is 0.0507. The van der Waals surface area contributed by atoms with Crippen LogP contribution in [0, 0.1) is 0 Å². The molecule has 0 amide bonds. The van der Waals surface area contributed by atoms with Gasteiger partial charge in [-0.15, -0.1) is 0 Å². The average molecular weight is 208 g/mol. The molecule has 1 unspecified atom stereocenters. The number of rotatable bonds is 4. The van der Waals surface area contributed by atoms with Gasteiger partial charge in [-0.1, -0.05) is 0 Å². The summed E-state index contributed by atoms with van der Waals surface area (Å²) in [5, 5.41) is 0. The van der Waals surface area contributed by atoms with Crippen LogP contribution in [0.2, 0.25) is 0 Å². The first-order valence-electron chi connectivity index (χ1n) is 5.32. The van der Waals surface area contributed by atoms with Gasteiger partial charge in [0.05, 0.1) is 11.8 Å². The van der Waals surface area contributed by atoms with E-state index in [9.17, 15) is 4.79 Å². The molecule has 0 bridgehead atoms. The van der Waals surface area contributed by atoms with Gasteiger partial charge < -0.3 is 9.72 Å². The van der Waals surface area contributed by atoms with Crippen molar-refractivity contribution in [3.8, 4) is 0 Å². The molecule has 0 aliphatic heterocycles. The van der Waals surface area contributed by atoms with E-state index in [1.165, 1.54) is 0 Å². The van der Waals surface area contributed by atoms with Gasteiger partial charge in [-0.2, -0.15) is 0 Å². The fourth-order valence-corrected chi connectivity index (χ4v) is 1.57. The van der Waals surface area contributed by atoms with E-state index in [4.69, 9.17) is 4.74 Å². The lowest BCUT2D eigenvalue weighted by Crippen LogP contribution is -2.17. The third-order valence-electron chi connectivity index (χ3n) is 2.69. The van der Waals surface area contributed by atoms with Crippen molar-refractivity contribution in [3.05, 3.63) is 27.9 Å². The van der Waals surface area contributed by atoms with Crippen LogP contribution in [0.1, 0.15) is 37.2 Å². The van der Waals surface area contributed by atoms with Crippen molar-refractivity contribution in [2.45, 2.75) is 38.2 Å². The number of nitrogens with one attached hydrogen (secondary N) is 1. The van der Waals surface area contributed by atoms with Crippen molar-refractivity contribution >= 4 is 0 Å². The van der Waals surface area contributed by atoms with Crippen LogP contribution < -0.4 is 5.56 Å². The van der Waals surface area contributed by atoms with Crippen LogP contribution in [-0.2, 0) is 11.2 Å². The average Bonchev–Trinajstić information content (AvgIpc) is 2.99. The lowest BCUT2D eigenvalue weighted by Gasteiger charge is -2.08.